The number of hydrogen-bond acceptors (Lipinski definition) is 2. The molecule has 122 valence electrons. The molecule has 0 amide bonds. The van der Waals surface area contributed by atoms with Crippen LogP contribution in [-0.2, 0) is 9.22 Å². The number of hydrogen-bond donors (Lipinski definition) is 0. The zero-order valence-corrected chi connectivity index (χ0v) is 16.1. The van der Waals surface area contributed by atoms with Crippen molar-refractivity contribution in [2.75, 3.05) is 0 Å². The predicted molar refractivity (Wildman–Crippen MR) is 90.9 cm³/mol. The lowest BCUT2D eigenvalue weighted by atomic mass is 9.77. The Bertz CT molecular complexity index is 410. The van der Waals surface area contributed by atoms with Crippen LogP contribution in [0.5, 0.6) is 0 Å². The molecule has 0 aromatic heterocycles. The van der Waals surface area contributed by atoms with Gasteiger partial charge >= 0.3 is 0 Å². The van der Waals surface area contributed by atoms with E-state index in [9.17, 15) is 4.79 Å². The maximum Gasteiger partial charge on any atom is 0.192 e. The highest BCUT2D eigenvalue weighted by molar-refractivity contribution is 6.74. The van der Waals surface area contributed by atoms with Crippen LogP contribution in [0.25, 0.3) is 0 Å². The van der Waals surface area contributed by atoms with Gasteiger partial charge in [0, 0.05) is 6.42 Å². The highest BCUT2D eigenvalue weighted by Crippen LogP contribution is 2.64. The van der Waals surface area contributed by atoms with Crippen molar-refractivity contribution in [3.63, 3.8) is 0 Å². The summed E-state index contributed by atoms with van der Waals surface area (Å²) in [5.74, 6) is 2.12. The van der Waals surface area contributed by atoms with Crippen molar-refractivity contribution >= 4 is 14.1 Å². The summed E-state index contributed by atoms with van der Waals surface area (Å²) in [6.07, 6.45) is 5.93. The van der Waals surface area contributed by atoms with E-state index in [4.69, 9.17) is 4.43 Å². The van der Waals surface area contributed by atoms with Crippen molar-refractivity contribution < 1.29 is 9.22 Å². The maximum atomic E-state index is 11.5. The Morgan fingerprint density at radius 3 is 2.38 bits per heavy atom. The van der Waals surface area contributed by atoms with Gasteiger partial charge in [0.2, 0.25) is 0 Å². The topological polar surface area (TPSA) is 26.3 Å². The lowest BCUT2D eigenvalue weighted by Crippen LogP contribution is -2.49. The van der Waals surface area contributed by atoms with Crippen molar-refractivity contribution in [2.45, 2.75) is 91.0 Å². The number of ketones is 1. The number of Topliss-reactive ketones (excluding diaryl/α,β-unsaturated/α-hetero) is 1. The lowest BCUT2D eigenvalue weighted by molar-refractivity contribution is -0.118. The molecule has 0 N–H and O–H groups in total. The van der Waals surface area contributed by atoms with Crippen molar-refractivity contribution in [1.29, 1.82) is 0 Å². The van der Waals surface area contributed by atoms with Gasteiger partial charge in [-0.2, -0.15) is 0 Å². The largest absolute Gasteiger partial charge is 0.413 e. The Kier molecular flexibility index (Phi) is 4.49. The first-order chi connectivity index (χ1) is 9.47. The van der Waals surface area contributed by atoms with Crippen LogP contribution in [0.15, 0.2) is 0 Å². The summed E-state index contributed by atoms with van der Waals surface area (Å²) >= 11 is 0. The first kappa shape index (κ1) is 17.2. The van der Waals surface area contributed by atoms with Crippen LogP contribution < -0.4 is 0 Å². The molecule has 0 aromatic carbocycles. The minimum atomic E-state index is -1.78. The van der Waals surface area contributed by atoms with Crippen LogP contribution in [0.2, 0.25) is 18.1 Å². The second-order valence-electron chi connectivity index (χ2n) is 9.25. The van der Waals surface area contributed by atoms with Crippen molar-refractivity contribution in [1.82, 2.24) is 0 Å². The second kappa shape index (κ2) is 5.49. The maximum absolute atomic E-state index is 11.5. The van der Waals surface area contributed by atoms with Crippen LogP contribution in [0.3, 0.4) is 0 Å². The standard InChI is InChI=1S/C18H34O2Si/c1-13(19)8-9-16(20-21(6,7)17(2,3)4)18(5)11-10-14-12-15(14)18/h14-16H,8-12H2,1-7H3/t14-,15+,16+,18+/m1/s1. The van der Waals surface area contributed by atoms with Crippen LogP contribution in [0, 0.1) is 17.3 Å². The van der Waals surface area contributed by atoms with Gasteiger partial charge in [0.05, 0.1) is 6.10 Å². The molecule has 0 aliphatic heterocycles. The van der Waals surface area contributed by atoms with Crippen LogP contribution >= 0.6 is 0 Å². The van der Waals surface area contributed by atoms with Crippen molar-refractivity contribution in [3.8, 4) is 0 Å². The average Bonchev–Trinajstić information content (AvgIpc) is 3.04. The summed E-state index contributed by atoms with van der Waals surface area (Å²) in [4.78, 5) is 11.5. The average molecular weight is 311 g/mol. The molecule has 3 heteroatoms. The molecular weight excluding hydrogens is 276 g/mol. The van der Waals surface area contributed by atoms with Crippen LogP contribution in [0.4, 0.5) is 0 Å². The molecule has 0 unspecified atom stereocenters. The molecule has 0 bridgehead atoms. The third-order valence-electron chi connectivity index (χ3n) is 6.56. The van der Waals surface area contributed by atoms with E-state index in [0.29, 0.717) is 17.6 Å². The minimum Gasteiger partial charge on any atom is -0.413 e. The lowest BCUT2D eigenvalue weighted by Gasteiger charge is -2.45. The minimum absolute atomic E-state index is 0.236. The van der Waals surface area contributed by atoms with Gasteiger partial charge in [-0.05, 0) is 68.0 Å². The summed E-state index contributed by atoms with van der Waals surface area (Å²) in [6.45, 7) is 15.7. The highest BCUT2D eigenvalue weighted by atomic mass is 28.4. The number of rotatable bonds is 6. The van der Waals surface area contributed by atoms with Crippen LogP contribution in [0.1, 0.15) is 66.7 Å². The molecule has 2 fully saturated rings. The van der Waals surface area contributed by atoms with E-state index in [-0.39, 0.29) is 11.1 Å². The Morgan fingerprint density at radius 1 is 1.38 bits per heavy atom. The van der Waals surface area contributed by atoms with E-state index in [2.05, 4.69) is 40.8 Å². The summed E-state index contributed by atoms with van der Waals surface area (Å²) in [5.41, 5.74) is 0.315. The van der Waals surface area contributed by atoms with Gasteiger partial charge in [-0.3, -0.25) is 0 Å². The smallest absolute Gasteiger partial charge is 0.192 e. The fourth-order valence-electron chi connectivity index (χ4n) is 3.85. The molecule has 0 saturated heterocycles. The third-order valence-corrected chi connectivity index (χ3v) is 11.0. The second-order valence-corrected chi connectivity index (χ2v) is 14.0. The van der Waals surface area contributed by atoms with E-state index in [1.807, 2.05) is 0 Å². The number of fused-ring (bicyclic) bond motifs is 1. The van der Waals surface area contributed by atoms with E-state index >= 15 is 0 Å². The predicted octanol–water partition coefficient (Wildman–Crippen LogP) is 5.18. The van der Waals surface area contributed by atoms with Gasteiger partial charge < -0.3 is 9.22 Å². The quantitative estimate of drug-likeness (QED) is 0.632. The van der Waals surface area contributed by atoms with Crippen molar-refractivity contribution in [3.05, 3.63) is 0 Å². The fraction of sp³-hybridized carbons (Fsp3) is 0.944. The van der Waals surface area contributed by atoms with Gasteiger partial charge in [-0.25, -0.2) is 0 Å². The molecule has 0 aromatic rings. The third kappa shape index (κ3) is 3.44. The highest BCUT2D eigenvalue weighted by Gasteiger charge is 2.59. The van der Waals surface area contributed by atoms with E-state index in [1.165, 1.54) is 19.3 Å². The summed E-state index contributed by atoms with van der Waals surface area (Å²) in [7, 11) is -1.78. The first-order valence-electron chi connectivity index (χ1n) is 8.64. The molecule has 21 heavy (non-hydrogen) atoms. The van der Waals surface area contributed by atoms with Gasteiger partial charge in [-0.1, -0.05) is 27.7 Å². The summed E-state index contributed by atoms with van der Waals surface area (Å²) in [5, 5.41) is 0.236. The van der Waals surface area contributed by atoms with Gasteiger partial charge in [0.15, 0.2) is 8.32 Å². The summed E-state index contributed by atoms with van der Waals surface area (Å²) in [6, 6.07) is 0. The van der Waals surface area contributed by atoms with Gasteiger partial charge in [-0.15, -0.1) is 0 Å². The Hall–Kier alpha value is -0.153. The Balaban J connectivity index is 2.14. The molecule has 2 nitrogen and oxygen atoms in total. The van der Waals surface area contributed by atoms with E-state index in [0.717, 1.165) is 18.3 Å². The molecule has 2 saturated carbocycles. The number of carbonyl (C=O) groups excluding carboxylic acids is 1. The zero-order valence-electron chi connectivity index (χ0n) is 15.1. The summed E-state index contributed by atoms with van der Waals surface area (Å²) < 4.78 is 6.82. The zero-order chi connectivity index (χ0) is 16.1. The molecule has 4 atom stereocenters. The normalized spacial score (nSPS) is 33.7. The van der Waals surface area contributed by atoms with Crippen molar-refractivity contribution in [2.24, 2.45) is 17.3 Å². The molecule has 0 heterocycles. The molecule has 2 aliphatic rings. The molecule has 0 radical (unpaired) electrons. The fourth-order valence-corrected chi connectivity index (χ4v) is 5.30. The van der Waals surface area contributed by atoms with Gasteiger partial charge in [0.1, 0.15) is 5.78 Å². The monoisotopic (exact) mass is 310 g/mol. The molecular formula is C18H34O2Si. The van der Waals surface area contributed by atoms with Gasteiger partial charge in [0.25, 0.3) is 0 Å². The Morgan fingerprint density at radius 2 is 2.00 bits per heavy atom. The van der Waals surface area contributed by atoms with Crippen LogP contribution in [-0.4, -0.2) is 20.2 Å². The molecule has 0 spiro atoms. The van der Waals surface area contributed by atoms with E-state index in [1.54, 1.807) is 6.92 Å². The molecule has 2 aliphatic carbocycles. The van der Waals surface area contributed by atoms with E-state index < -0.39 is 8.32 Å². The molecule has 2 rings (SSSR count). The Labute approximate surface area is 132 Å². The number of carbonyl (C=O) groups is 1. The first-order valence-corrected chi connectivity index (χ1v) is 11.6. The SMILES string of the molecule is CC(=O)CC[C@H](O[Si](C)(C)C(C)(C)C)[C@@]1(C)CC[C@@H]2C[C@@H]21.